The van der Waals surface area contributed by atoms with Crippen molar-refractivity contribution >= 4 is 39.5 Å². The van der Waals surface area contributed by atoms with Crippen molar-refractivity contribution in [3.8, 4) is 40.0 Å². The van der Waals surface area contributed by atoms with Crippen molar-refractivity contribution in [1.29, 1.82) is 0 Å². The molecule has 3 aromatic carbocycles. The molecule has 6 aromatic rings. The Kier molecular flexibility index (Phi) is 10.1. The highest BCUT2D eigenvalue weighted by Crippen LogP contribution is 2.35. The maximum Gasteiger partial charge on any atom is 0.328 e. The Bertz CT molecular complexity index is 2620. The molecule has 4 heterocycles. The van der Waals surface area contributed by atoms with Crippen LogP contribution in [0.1, 0.15) is 79.6 Å². The van der Waals surface area contributed by atoms with Crippen LogP contribution in [0.2, 0.25) is 0 Å². The van der Waals surface area contributed by atoms with Crippen LogP contribution in [0.4, 0.5) is 0 Å². The molecule has 0 bridgehead atoms. The molecule has 7 rings (SSSR count). The topological polar surface area (TPSA) is 137 Å². The van der Waals surface area contributed by atoms with Crippen molar-refractivity contribution in [2.45, 2.75) is 58.5 Å². The molecule has 55 heavy (non-hydrogen) atoms. The maximum atomic E-state index is 13.0. The monoisotopic (exact) mass is 734 g/mol. The van der Waals surface area contributed by atoms with Crippen LogP contribution in [0, 0.1) is 11.8 Å². The molecule has 1 atom stereocenters. The number of hydrogen-bond donors (Lipinski definition) is 2. The van der Waals surface area contributed by atoms with Gasteiger partial charge in [-0.2, -0.15) is 0 Å². The lowest BCUT2D eigenvalue weighted by Crippen LogP contribution is -2.46. The largest absolute Gasteiger partial charge is 0.481 e. The van der Waals surface area contributed by atoms with Crippen molar-refractivity contribution in [2.24, 2.45) is 14.1 Å². The van der Waals surface area contributed by atoms with E-state index in [9.17, 15) is 19.2 Å². The number of ether oxygens (including phenoxy) is 1. The average molecular weight is 735 g/mol. The van der Waals surface area contributed by atoms with E-state index in [1.807, 2.05) is 50.6 Å². The summed E-state index contributed by atoms with van der Waals surface area (Å²) in [5, 5.41) is 7.12. The smallest absolute Gasteiger partial charge is 0.328 e. The van der Waals surface area contributed by atoms with E-state index in [4.69, 9.17) is 9.72 Å². The SMILES string of the molecule is CC(C)c1ccc(OC2CCC(=O)NC2=O)cc1C#CCNC(=O)c1ccc(-c2cc3cccc(-c4cc(C(C)C)c5c(c4)n(C)c(=O)n5C)c3cn2)cn1. The molecule has 11 heteroatoms. The maximum absolute atomic E-state index is 13.0. The van der Waals surface area contributed by atoms with E-state index >= 15 is 0 Å². The molecule has 1 aliphatic rings. The number of nitrogens with one attached hydrogen (secondary N) is 2. The van der Waals surface area contributed by atoms with Crippen molar-refractivity contribution in [3.05, 3.63) is 112 Å². The Morgan fingerprint density at radius 2 is 1.71 bits per heavy atom. The Labute approximate surface area is 318 Å². The standard InChI is InChI=1S/C44H42N6O5/c1-25(2)32-14-13-31(55-39-16-17-40(51)48-43(39)53)19-27(32)10-8-18-45-42(52)36-15-12-29(23-46-36)37-21-28-9-7-11-33(35(28)24-47-37)30-20-34(26(3)4)41-38(22-30)49(5)44(54)50(41)6/h7,9,11-15,19-26,39H,16-18H2,1-6H3,(H,45,52)(H,48,51,53). The fourth-order valence-corrected chi connectivity index (χ4v) is 7.07. The summed E-state index contributed by atoms with van der Waals surface area (Å²) in [6.45, 7) is 8.49. The molecule has 278 valence electrons. The summed E-state index contributed by atoms with van der Waals surface area (Å²) >= 11 is 0. The summed E-state index contributed by atoms with van der Waals surface area (Å²) in [6, 6.07) is 21.4. The van der Waals surface area contributed by atoms with E-state index in [-0.39, 0.29) is 48.0 Å². The van der Waals surface area contributed by atoms with Gasteiger partial charge in [-0.05, 0) is 81.9 Å². The number of pyridine rings is 2. The van der Waals surface area contributed by atoms with Crippen LogP contribution in [0.5, 0.6) is 5.75 Å². The van der Waals surface area contributed by atoms with Gasteiger partial charge in [-0.1, -0.05) is 63.8 Å². The number of aromatic nitrogens is 4. The number of benzene rings is 3. The first-order valence-electron chi connectivity index (χ1n) is 18.4. The van der Waals surface area contributed by atoms with Crippen LogP contribution in [0.15, 0.2) is 83.9 Å². The fourth-order valence-electron chi connectivity index (χ4n) is 7.07. The highest BCUT2D eigenvalue weighted by Gasteiger charge is 2.28. The van der Waals surface area contributed by atoms with E-state index in [0.29, 0.717) is 12.2 Å². The van der Waals surface area contributed by atoms with Crippen molar-refractivity contribution in [2.75, 3.05) is 6.54 Å². The Balaban J connectivity index is 1.05. The van der Waals surface area contributed by atoms with Gasteiger partial charge in [-0.25, -0.2) is 4.79 Å². The molecule has 1 fully saturated rings. The highest BCUT2D eigenvalue weighted by molar-refractivity contribution is 6.01. The molecule has 11 nitrogen and oxygen atoms in total. The number of rotatable bonds is 8. The third-order valence-electron chi connectivity index (χ3n) is 10.1. The molecule has 3 aromatic heterocycles. The first-order valence-corrected chi connectivity index (χ1v) is 18.4. The Hall–Kier alpha value is -6.54. The van der Waals surface area contributed by atoms with Crippen LogP contribution < -0.4 is 21.1 Å². The lowest BCUT2D eigenvalue weighted by Gasteiger charge is -2.22. The Morgan fingerprint density at radius 3 is 2.44 bits per heavy atom. The summed E-state index contributed by atoms with van der Waals surface area (Å²) in [5.41, 5.74) is 8.43. The fraction of sp³-hybridized carbons (Fsp3) is 0.273. The van der Waals surface area contributed by atoms with Gasteiger partial charge in [0.2, 0.25) is 5.91 Å². The second-order valence-electron chi connectivity index (χ2n) is 14.5. The third kappa shape index (κ3) is 7.36. The molecule has 2 N–H and O–H groups in total. The number of carbonyl (C=O) groups excluding carboxylic acids is 3. The van der Waals surface area contributed by atoms with Gasteiger partial charge in [0.15, 0.2) is 6.10 Å². The number of imidazole rings is 1. The zero-order valence-electron chi connectivity index (χ0n) is 31.7. The third-order valence-corrected chi connectivity index (χ3v) is 10.1. The predicted molar refractivity (Wildman–Crippen MR) is 213 cm³/mol. The molecular weight excluding hydrogens is 693 g/mol. The van der Waals surface area contributed by atoms with E-state index < -0.39 is 12.0 Å². The van der Waals surface area contributed by atoms with Crippen LogP contribution in [-0.2, 0) is 23.7 Å². The minimum absolute atomic E-state index is 0.0525. The van der Waals surface area contributed by atoms with Crippen molar-refractivity contribution < 1.29 is 19.1 Å². The van der Waals surface area contributed by atoms with E-state index in [1.54, 1.807) is 33.5 Å². The van der Waals surface area contributed by atoms with Crippen LogP contribution >= 0.6 is 0 Å². The van der Waals surface area contributed by atoms with E-state index in [2.05, 4.69) is 73.4 Å². The number of carbonyl (C=O) groups is 3. The lowest BCUT2D eigenvalue weighted by molar-refractivity contribution is -0.138. The van der Waals surface area contributed by atoms with Gasteiger partial charge >= 0.3 is 5.69 Å². The molecule has 1 aliphatic heterocycles. The molecule has 1 unspecified atom stereocenters. The van der Waals surface area contributed by atoms with Gasteiger partial charge in [-0.15, -0.1) is 0 Å². The summed E-state index contributed by atoms with van der Waals surface area (Å²) in [7, 11) is 3.63. The molecule has 1 saturated heterocycles. The predicted octanol–water partition coefficient (Wildman–Crippen LogP) is 6.37. The summed E-state index contributed by atoms with van der Waals surface area (Å²) in [5.74, 6) is 5.94. The van der Waals surface area contributed by atoms with Crippen LogP contribution in [-0.4, -0.2) is 49.5 Å². The number of hydrogen-bond acceptors (Lipinski definition) is 7. The van der Waals surface area contributed by atoms with Gasteiger partial charge < -0.3 is 10.1 Å². The zero-order chi connectivity index (χ0) is 39.0. The average Bonchev–Trinajstić information content (AvgIpc) is 3.39. The summed E-state index contributed by atoms with van der Waals surface area (Å²) in [4.78, 5) is 58.7. The number of aryl methyl sites for hydroxylation is 2. The van der Waals surface area contributed by atoms with Gasteiger partial charge in [0.25, 0.3) is 11.8 Å². The van der Waals surface area contributed by atoms with Crippen LogP contribution in [0.3, 0.4) is 0 Å². The number of amides is 3. The molecule has 0 radical (unpaired) electrons. The normalized spacial score (nSPS) is 14.3. The summed E-state index contributed by atoms with van der Waals surface area (Å²) < 4.78 is 9.30. The highest BCUT2D eigenvalue weighted by atomic mass is 16.5. The molecule has 0 saturated carbocycles. The van der Waals surface area contributed by atoms with Gasteiger partial charge in [0.05, 0.1) is 23.3 Å². The second kappa shape index (κ2) is 15.1. The van der Waals surface area contributed by atoms with Crippen molar-refractivity contribution in [1.82, 2.24) is 29.7 Å². The first-order chi connectivity index (χ1) is 26.4. The Morgan fingerprint density at radius 1 is 0.909 bits per heavy atom. The number of fused-ring (bicyclic) bond motifs is 2. The minimum Gasteiger partial charge on any atom is -0.481 e. The van der Waals surface area contributed by atoms with Gasteiger partial charge in [-0.3, -0.25) is 38.8 Å². The molecule has 3 amide bonds. The molecule has 0 spiro atoms. The van der Waals surface area contributed by atoms with Crippen molar-refractivity contribution in [3.63, 3.8) is 0 Å². The zero-order valence-corrected chi connectivity index (χ0v) is 31.7. The number of nitrogens with zero attached hydrogens (tertiary/aromatic N) is 4. The van der Waals surface area contributed by atoms with E-state index in [0.717, 1.165) is 60.9 Å². The quantitative estimate of drug-likeness (QED) is 0.137. The number of imide groups is 1. The minimum atomic E-state index is -0.745. The van der Waals surface area contributed by atoms with Crippen LogP contribution in [0.25, 0.3) is 44.2 Å². The van der Waals surface area contributed by atoms with Gasteiger partial charge in [0.1, 0.15) is 11.4 Å². The molecule has 0 aliphatic carbocycles. The van der Waals surface area contributed by atoms with E-state index in [1.165, 1.54) is 0 Å². The number of piperidine rings is 1. The second-order valence-corrected chi connectivity index (χ2v) is 14.5. The first kappa shape index (κ1) is 36.8. The summed E-state index contributed by atoms with van der Waals surface area (Å²) in [6.07, 6.45) is 3.30. The lowest BCUT2D eigenvalue weighted by atomic mass is 9.93. The van der Waals surface area contributed by atoms with Gasteiger partial charge in [0, 0.05) is 55.8 Å². The molecular formula is C44H42N6O5.